The first kappa shape index (κ1) is 14.7. The Morgan fingerprint density at radius 3 is 2.65 bits per heavy atom. The molecule has 1 aromatic carbocycles. The molecule has 6 heteroatoms. The van der Waals surface area contributed by atoms with E-state index in [-0.39, 0.29) is 5.91 Å². The zero-order chi connectivity index (χ0) is 14.7. The molecule has 0 radical (unpaired) electrons. The summed E-state index contributed by atoms with van der Waals surface area (Å²) in [6, 6.07) is 5.95. The van der Waals surface area contributed by atoms with Crippen LogP contribution in [0.15, 0.2) is 24.3 Å². The van der Waals surface area contributed by atoms with E-state index >= 15 is 0 Å². The molecule has 0 spiro atoms. The van der Waals surface area contributed by atoms with Crippen LogP contribution in [0.5, 0.6) is 5.75 Å². The summed E-state index contributed by atoms with van der Waals surface area (Å²) in [6.07, 6.45) is 0.474. The molecule has 0 saturated carbocycles. The number of carboxylic acid groups (broad SMARTS) is 1. The number of amides is 1. The third-order valence-electron chi connectivity index (χ3n) is 3.30. The normalized spacial score (nSPS) is 19.7. The molecule has 2 atom stereocenters. The average molecular weight is 298 g/mol. The standard InChI is InChI=1S/C14H16ClNO4/c1-9(20-11-6-4-10(15)5-7-11)13(17)16-8-2-3-12(16)14(18)19/h4-7,9,12H,2-3,8H2,1H3,(H,18,19). The quantitative estimate of drug-likeness (QED) is 0.925. The third-order valence-corrected chi connectivity index (χ3v) is 3.55. The highest BCUT2D eigenvalue weighted by Gasteiger charge is 2.36. The van der Waals surface area contributed by atoms with E-state index in [1.165, 1.54) is 4.90 Å². The van der Waals surface area contributed by atoms with Crippen molar-refractivity contribution in [1.82, 2.24) is 4.90 Å². The fraction of sp³-hybridized carbons (Fsp3) is 0.429. The Bertz CT molecular complexity index is 502. The molecule has 1 saturated heterocycles. The molecule has 108 valence electrons. The van der Waals surface area contributed by atoms with Gasteiger partial charge in [-0.3, -0.25) is 4.79 Å². The molecule has 1 aliphatic heterocycles. The second kappa shape index (κ2) is 6.13. The number of halogens is 1. The van der Waals surface area contributed by atoms with Crippen LogP contribution in [0, 0.1) is 0 Å². The molecule has 0 aliphatic carbocycles. The molecule has 1 N–H and O–H groups in total. The van der Waals surface area contributed by atoms with Crippen molar-refractivity contribution in [1.29, 1.82) is 0 Å². The maximum Gasteiger partial charge on any atom is 0.326 e. The van der Waals surface area contributed by atoms with Gasteiger partial charge in [0.15, 0.2) is 6.10 Å². The summed E-state index contributed by atoms with van der Waals surface area (Å²) in [5, 5.41) is 9.67. The second-order valence-corrected chi connectivity index (χ2v) is 5.18. The van der Waals surface area contributed by atoms with E-state index in [0.717, 1.165) is 0 Å². The molecule has 0 aromatic heterocycles. The van der Waals surface area contributed by atoms with E-state index in [4.69, 9.17) is 21.4 Å². The van der Waals surface area contributed by atoms with E-state index in [0.29, 0.717) is 30.2 Å². The van der Waals surface area contributed by atoms with Crippen molar-refractivity contribution in [2.75, 3.05) is 6.54 Å². The maximum absolute atomic E-state index is 12.2. The highest BCUT2D eigenvalue weighted by atomic mass is 35.5. The van der Waals surface area contributed by atoms with Crippen LogP contribution in [0.4, 0.5) is 0 Å². The second-order valence-electron chi connectivity index (χ2n) is 4.74. The molecule has 1 heterocycles. The van der Waals surface area contributed by atoms with E-state index in [9.17, 15) is 9.59 Å². The number of carboxylic acids is 1. The number of benzene rings is 1. The number of ether oxygens (including phenoxy) is 1. The molecular weight excluding hydrogens is 282 g/mol. The summed E-state index contributed by atoms with van der Waals surface area (Å²) >= 11 is 5.77. The van der Waals surface area contributed by atoms with E-state index in [2.05, 4.69) is 0 Å². The Morgan fingerprint density at radius 2 is 2.05 bits per heavy atom. The molecule has 2 rings (SSSR count). The minimum atomic E-state index is -0.963. The fourth-order valence-corrected chi connectivity index (χ4v) is 2.41. The first-order chi connectivity index (χ1) is 9.49. The van der Waals surface area contributed by atoms with Crippen molar-refractivity contribution < 1.29 is 19.4 Å². The van der Waals surface area contributed by atoms with Gasteiger partial charge in [-0.15, -0.1) is 0 Å². The van der Waals surface area contributed by atoms with E-state index in [1.807, 2.05) is 0 Å². The number of rotatable bonds is 4. The lowest BCUT2D eigenvalue weighted by Crippen LogP contribution is -2.46. The maximum atomic E-state index is 12.2. The Hall–Kier alpha value is -1.75. The lowest BCUT2D eigenvalue weighted by Gasteiger charge is -2.25. The van der Waals surface area contributed by atoms with Crippen molar-refractivity contribution in [3.05, 3.63) is 29.3 Å². The molecule has 1 aromatic rings. The number of aliphatic carboxylic acids is 1. The van der Waals surface area contributed by atoms with E-state index < -0.39 is 18.1 Å². The largest absolute Gasteiger partial charge is 0.481 e. The van der Waals surface area contributed by atoms with Gasteiger partial charge in [-0.05, 0) is 44.0 Å². The molecule has 20 heavy (non-hydrogen) atoms. The molecule has 1 aliphatic rings. The van der Waals surface area contributed by atoms with Gasteiger partial charge in [0.1, 0.15) is 11.8 Å². The number of hydrogen-bond acceptors (Lipinski definition) is 3. The Labute approximate surface area is 122 Å². The summed E-state index contributed by atoms with van der Waals surface area (Å²) in [4.78, 5) is 24.7. The van der Waals surface area contributed by atoms with Crippen LogP contribution in [0.25, 0.3) is 0 Å². The average Bonchev–Trinajstić information content (AvgIpc) is 2.90. The highest BCUT2D eigenvalue weighted by molar-refractivity contribution is 6.30. The van der Waals surface area contributed by atoms with Crippen LogP contribution < -0.4 is 4.74 Å². The molecule has 0 bridgehead atoms. The first-order valence-electron chi connectivity index (χ1n) is 6.44. The summed E-state index contributed by atoms with van der Waals surface area (Å²) < 4.78 is 5.53. The summed E-state index contributed by atoms with van der Waals surface area (Å²) in [5.74, 6) is -0.735. The molecule has 2 unspecified atom stereocenters. The van der Waals surface area contributed by atoms with Crippen molar-refractivity contribution >= 4 is 23.5 Å². The van der Waals surface area contributed by atoms with Crippen LogP contribution in [0.1, 0.15) is 19.8 Å². The van der Waals surface area contributed by atoms with Gasteiger partial charge in [-0.2, -0.15) is 0 Å². The van der Waals surface area contributed by atoms with Gasteiger partial charge in [-0.1, -0.05) is 11.6 Å². The van der Waals surface area contributed by atoms with Gasteiger partial charge in [0.2, 0.25) is 0 Å². The third kappa shape index (κ3) is 3.22. The van der Waals surface area contributed by atoms with Crippen LogP contribution in [0.2, 0.25) is 5.02 Å². The lowest BCUT2D eigenvalue weighted by atomic mass is 10.2. The minimum absolute atomic E-state index is 0.301. The van der Waals surface area contributed by atoms with Gasteiger partial charge in [0.25, 0.3) is 5.91 Å². The Balaban J connectivity index is 2.01. The predicted octanol–water partition coefficient (Wildman–Crippen LogP) is 2.18. The molecule has 1 amide bonds. The van der Waals surface area contributed by atoms with Gasteiger partial charge in [0.05, 0.1) is 0 Å². The zero-order valence-electron chi connectivity index (χ0n) is 11.1. The first-order valence-corrected chi connectivity index (χ1v) is 6.82. The topological polar surface area (TPSA) is 66.8 Å². The number of nitrogens with zero attached hydrogens (tertiary/aromatic N) is 1. The summed E-state index contributed by atoms with van der Waals surface area (Å²) in [6.45, 7) is 2.08. The van der Waals surface area contributed by atoms with Gasteiger partial charge in [0, 0.05) is 11.6 Å². The zero-order valence-corrected chi connectivity index (χ0v) is 11.8. The Morgan fingerprint density at radius 1 is 1.40 bits per heavy atom. The van der Waals surface area contributed by atoms with Gasteiger partial charge >= 0.3 is 5.97 Å². The number of carbonyl (C=O) groups excluding carboxylic acids is 1. The van der Waals surface area contributed by atoms with Crippen LogP contribution in [-0.4, -0.2) is 40.6 Å². The van der Waals surface area contributed by atoms with Crippen LogP contribution in [-0.2, 0) is 9.59 Å². The number of likely N-dealkylation sites (tertiary alicyclic amines) is 1. The molecule has 5 nitrogen and oxygen atoms in total. The predicted molar refractivity (Wildman–Crippen MR) is 73.9 cm³/mol. The number of hydrogen-bond donors (Lipinski definition) is 1. The lowest BCUT2D eigenvalue weighted by molar-refractivity contribution is -0.150. The summed E-state index contributed by atoms with van der Waals surface area (Å²) in [7, 11) is 0. The SMILES string of the molecule is CC(Oc1ccc(Cl)cc1)C(=O)N1CCCC1C(=O)O. The number of carbonyl (C=O) groups is 2. The van der Waals surface area contributed by atoms with Crippen molar-refractivity contribution in [2.45, 2.75) is 31.9 Å². The molecule has 1 fully saturated rings. The fourth-order valence-electron chi connectivity index (χ4n) is 2.29. The monoisotopic (exact) mass is 297 g/mol. The smallest absolute Gasteiger partial charge is 0.326 e. The van der Waals surface area contributed by atoms with Crippen molar-refractivity contribution in [2.24, 2.45) is 0 Å². The van der Waals surface area contributed by atoms with Crippen LogP contribution >= 0.6 is 11.6 Å². The minimum Gasteiger partial charge on any atom is -0.481 e. The van der Waals surface area contributed by atoms with E-state index in [1.54, 1.807) is 31.2 Å². The van der Waals surface area contributed by atoms with Gasteiger partial charge < -0.3 is 14.7 Å². The highest BCUT2D eigenvalue weighted by Crippen LogP contribution is 2.21. The Kier molecular flexibility index (Phi) is 4.49. The van der Waals surface area contributed by atoms with Crippen molar-refractivity contribution in [3.8, 4) is 5.75 Å². The summed E-state index contributed by atoms with van der Waals surface area (Å²) in [5.41, 5.74) is 0. The molecular formula is C14H16ClNO4. The van der Waals surface area contributed by atoms with Crippen LogP contribution in [0.3, 0.4) is 0 Å². The van der Waals surface area contributed by atoms with Crippen molar-refractivity contribution in [3.63, 3.8) is 0 Å². The van der Waals surface area contributed by atoms with Gasteiger partial charge in [-0.25, -0.2) is 4.79 Å².